The summed E-state index contributed by atoms with van der Waals surface area (Å²) in [5, 5.41) is 10.1. The van der Waals surface area contributed by atoms with Gasteiger partial charge in [-0.1, -0.05) is 12.1 Å². The molecule has 6 nitrogen and oxygen atoms in total. The van der Waals surface area contributed by atoms with Crippen molar-refractivity contribution in [3.05, 3.63) is 75.6 Å². The molecule has 0 spiro atoms. The topological polar surface area (TPSA) is 86.0 Å². The monoisotopic (exact) mass is 340 g/mol. The molecule has 0 radical (unpaired) electrons. The largest absolute Gasteiger partial charge is 0.508 e. The Bertz CT molecular complexity index is 973. The van der Waals surface area contributed by atoms with E-state index in [2.05, 4.69) is 0 Å². The van der Waals surface area contributed by atoms with Gasteiger partial charge in [-0.25, -0.2) is 9.59 Å². The lowest BCUT2D eigenvalue weighted by Gasteiger charge is -2.08. The highest BCUT2D eigenvalue weighted by atomic mass is 16.5. The average molecular weight is 340 g/mol. The number of methoxy groups -OCH3 is 1. The fourth-order valence-electron chi connectivity index (χ4n) is 2.52. The van der Waals surface area contributed by atoms with E-state index in [-0.39, 0.29) is 17.9 Å². The minimum atomic E-state index is -0.578. The summed E-state index contributed by atoms with van der Waals surface area (Å²) in [4.78, 5) is 23.9. The number of hydrogen-bond acceptors (Lipinski definition) is 6. The number of hydrogen-bond donors (Lipinski definition) is 1. The van der Waals surface area contributed by atoms with Gasteiger partial charge in [-0.2, -0.15) is 0 Å². The third kappa shape index (κ3) is 3.87. The Kier molecular flexibility index (Phi) is 4.81. The summed E-state index contributed by atoms with van der Waals surface area (Å²) in [6, 6.07) is 12.6. The molecular formula is C19H16O6. The predicted molar refractivity (Wildman–Crippen MR) is 90.4 cm³/mol. The molecule has 0 fully saturated rings. The smallest absolute Gasteiger partial charge is 0.338 e. The van der Waals surface area contributed by atoms with Crippen molar-refractivity contribution < 1.29 is 23.8 Å². The fourth-order valence-corrected chi connectivity index (χ4v) is 2.52. The quantitative estimate of drug-likeness (QED) is 0.568. The molecule has 2 aromatic carbocycles. The Morgan fingerprint density at radius 2 is 1.96 bits per heavy atom. The lowest BCUT2D eigenvalue weighted by Crippen LogP contribution is -2.08. The first-order chi connectivity index (χ1) is 12.1. The normalized spacial score (nSPS) is 10.8. The molecule has 25 heavy (non-hydrogen) atoms. The number of aromatic hydroxyl groups is 1. The number of ether oxygens (including phenoxy) is 2. The number of rotatable bonds is 5. The van der Waals surface area contributed by atoms with E-state index in [1.165, 1.54) is 18.2 Å². The van der Waals surface area contributed by atoms with E-state index in [1.807, 2.05) is 6.07 Å². The van der Waals surface area contributed by atoms with Crippen LogP contribution in [-0.4, -0.2) is 18.2 Å². The molecule has 0 saturated heterocycles. The lowest BCUT2D eigenvalue weighted by atomic mass is 10.1. The standard InChI is InChI=1S/C19H16O6/c1-23-10-12-3-2-4-13(7-12)19(22)24-11-14-8-18(21)25-17-9-15(20)5-6-16(14)17/h2-9,20H,10-11H2,1H3. The van der Waals surface area contributed by atoms with Crippen molar-refractivity contribution in [2.75, 3.05) is 7.11 Å². The highest BCUT2D eigenvalue weighted by Crippen LogP contribution is 2.22. The second-order valence-corrected chi connectivity index (χ2v) is 5.48. The third-order valence-corrected chi connectivity index (χ3v) is 3.65. The first kappa shape index (κ1) is 16.7. The van der Waals surface area contributed by atoms with Crippen LogP contribution in [0.15, 0.2) is 57.7 Å². The summed E-state index contributed by atoms with van der Waals surface area (Å²) in [5.74, 6) is -0.516. The van der Waals surface area contributed by atoms with Crippen molar-refractivity contribution in [1.82, 2.24) is 0 Å². The second kappa shape index (κ2) is 7.19. The maximum absolute atomic E-state index is 12.2. The minimum Gasteiger partial charge on any atom is -0.508 e. The van der Waals surface area contributed by atoms with E-state index in [1.54, 1.807) is 31.4 Å². The Labute approximate surface area is 143 Å². The summed E-state index contributed by atoms with van der Waals surface area (Å²) < 4.78 is 15.4. The van der Waals surface area contributed by atoms with Crippen LogP contribution in [0.25, 0.3) is 11.0 Å². The van der Waals surface area contributed by atoms with Crippen LogP contribution in [0.3, 0.4) is 0 Å². The van der Waals surface area contributed by atoms with Gasteiger partial charge in [-0.15, -0.1) is 0 Å². The lowest BCUT2D eigenvalue weighted by molar-refractivity contribution is 0.0473. The number of benzene rings is 2. The van der Waals surface area contributed by atoms with Gasteiger partial charge in [0.15, 0.2) is 0 Å². The zero-order valence-corrected chi connectivity index (χ0v) is 13.5. The molecule has 0 atom stereocenters. The molecule has 0 saturated carbocycles. The van der Waals surface area contributed by atoms with Gasteiger partial charge in [0, 0.05) is 30.2 Å². The molecule has 128 valence electrons. The molecular weight excluding hydrogens is 324 g/mol. The Morgan fingerprint density at radius 3 is 2.76 bits per heavy atom. The van der Waals surface area contributed by atoms with E-state index in [0.717, 1.165) is 5.56 Å². The van der Waals surface area contributed by atoms with Crippen LogP contribution in [0, 0.1) is 0 Å². The van der Waals surface area contributed by atoms with Crippen molar-refractivity contribution in [3.8, 4) is 5.75 Å². The average Bonchev–Trinajstić information content (AvgIpc) is 2.59. The van der Waals surface area contributed by atoms with Gasteiger partial charge >= 0.3 is 11.6 Å². The predicted octanol–water partition coefficient (Wildman–Crippen LogP) is 3.00. The van der Waals surface area contributed by atoms with Crippen LogP contribution < -0.4 is 5.63 Å². The van der Waals surface area contributed by atoms with Gasteiger partial charge < -0.3 is 19.0 Å². The summed E-state index contributed by atoms with van der Waals surface area (Å²) in [6.45, 7) is 0.315. The van der Waals surface area contributed by atoms with E-state index in [4.69, 9.17) is 13.9 Å². The first-order valence-electron chi connectivity index (χ1n) is 7.57. The molecule has 1 aromatic heterocycles. The number of carbonyl (C=O) groups is 1. The van der Waals surface area contributed by atoms with Crippen LogP contribution in [-0.2, 0) is 22.7 Å². The number of carbonyl (C=O) groups excluding carboxylic acids is 1. The van der Waals surface area contributed by atoms with Gasteiger partial charge in [0.2, 0.25) is 0 Å². The minimum absolute atomic E-state index is 0.0141. The fraction of sp³-hybridized carbons (Fsp3) is 0.158. The van der Waals surface area contributed by atoms with Crippen molar-refractivity contribution >= 4 is 16.9 Å². The number of fused-ring (bicyclic) bond motifs is 1. The highest BCUT2D eigenvalue weighted by molar-refractivity contribution is 5.90. The second-order valence-electron chi connectivity index (χ2n) is 5.48. The van der Waals surface area contributed by atoms with Gasteiger partial charge in [0.25, 0.3) is 0 Å². The molecule has 1 N–H and O–H groups in total. The Morgan fingerprint density at radius 1 is 1.12 bits per heavy atom. The molecule has 0 aliphatic heterocycles. The van der Waals surface area contributed by atoms with Crippen LogP contribution >= 0.6 is 0 Å². The first-order valence-corrected chi connectivity index (χ1v) is 7.57. The van der Waals surface area contributed by atoms with Gasteiger partial charge in [0.1, 0.15) is 17.9 Å². The third-order valence-electron chi connectivity index (χ3n) is 3.65. The Balaban J connectivity index is 1.82. The number of phenolic OH excluding ortho intramolecular Hbond substituents is 1. The van der Waals surface area contributed by atoms with Crippen molar-refractivity contribution in [1.29, 1.82) is 0 Å². The van der Waals surface area contributed by atoms with Gasteiger partial charge in [-0.05, 0) is 29.8 Å². The van der Waals surface area contributed by atoms with Crippen LogP contribution in [0.4, 0.5) is 0 Å². The van der Waals surface area contributed by atoms with Gasteiger partial charge in [-0.3, -0.25) is 0 Å². The molecule has 1 heterocycles. The number of phenols is 1. The van der Waals surface area contributed by atoms with Crippen molar-refractivity contribution in [2.45, 2.75) is 13.2 Å². The molecule has 0 aliphatic rings. The van der Waals surface area contributed by atoms with Crippen molar-refractivity contribution in [3.63, 3.8) is 0 Å². The van der Waals surface area contributed by atoms with Crippen LogP contribution in [0.1, 0.15) is 21.5 Å². The van der Waals surface area contributed by atoms with Gasteiger partial charge in [0.05, 0.1) is 12.2 Å². The molecule has 0 bridgehead atoms. The zero-order chi connectivity index (χ0) is 17.8. The SMILES string of the molecule is COCc1cccc(C(=O)OCc2cc(=O)oc3cc(O)ccc23)c1. The molecule has 0 unspecified atom stereocenters. The maximum Gasteiger partial charge on any atom is 0.338 e. The molecule has 0 aliphatic carbocycles. The van der Waals surface area contributed by atoms with Crippen LogP contribution in [0.5, 0.6) is 5.75 Å². The molecule has 3 rings (SSSR count). The van der Waals surface area contributed by atoms with E-state index in [0.29, 0.717) is 23.1 Å². The number of esters is 1. The summed E-state index contributed by atoms with van der Waals surface area (Å²) in [6.07, 6.45) is 0. The Hall–Kier alpha value is -3.12. The van der Waals surface area contributed by atoms with Crippen LogP contribution in [0.2, 0.25) is 0 Å². The molecule has 6 heteroatoms. The molecule has 3 aromatic rings. The van der Waals surface area contributed by atoms with Crippen molar-refractivity contribution in [2.24, 2.45) is 0 Å². The maximum atomic E-state index is 12.2. The van der Waals surface area contributed by atoms with E-state index < -0.39 is 11.6 Å². The highest BCUT2D eigenvalue weighted by Gasteiger charge is 2.11. The summed E-state index contributed by atoms with van der Waals surface area (Å²) in [7, 11) is 1.58. The summed E-state index contributed by atoms with van der Waals surface area (Å²) >= 11 is 0. The zero-order valence-electron chi connectivity index (χ0n) is 13.5. The van der Waals surface area contributed by atoms with E-state index >= 15 is 0 Å². The molecule has 0 amide bonds. The summed E-state index contributed by atoms with van der Waals surface area (Å²) in [5.41, 5.74) is 1.43. The van der Waals surface area contributed by atoms with E-state index in [9.17, 15) is 14.7 Å².